The predicted molar refractivity (Wildman–Crippen MR) is 146 cm³/mol. The minimum atomic E-state index is -0.915. The molecule has 2 aromatic heterocycles. The molecule has 2 fully saturated rings. The summed E-state index contributed by atoms with van der Waals surface area (Å²) in [6.45, 7) is 7.08. The van der Waals surface area contributed by atoms with Crippen molar-refractivity contribution in [2.24, 2.45) is 13.0 Å². The first-order valence-corrected chi connectivity index (χ1v) is 13.7. The zero-order valence-electron chi connectivity index (χ0n) is 22.9. The first kappa shape index (κ1) is 27.5. The lowest BCUT2D eigenvalue weighted by atomic mass is 10.00. The summed E-state index contributed by atoms with van der Waals surface area (Å²) >= 11 is 0. The van der Waals surface area contributed by atoms with Gasteiger partial charge in [-0.1, -0.05) is 6.07 Å². The Morgan fingerprint density at radius 2 is 1.97 bits per heavy atom. The average molecular weight is 539 g/mol. The van der Waals surface area contributed by atoms with Crippen LogP contribution in [0.15, 0.2) is 35.3 Å². The summed E-state index contributed by atoms with van der Waals surface area (Å²) in [5, 5.41) is 13.4. The lowest BCUT2D eigenvalue weighted by Gasteiger charge is -2.23. The van der Waals surface area contributed by atoms with Crippen LogP contribution in [0.3, 0.4) is 0 Å². The van der Waals surface area contributed by atoms with E-state index in [1.807, 2.05) is 31.3 Å². The summed E-state index contributed by atoms with van der Waals surface area (Å²) in [6.07, 6.45) is 3.32. The number of aromatic nitrogens is 3. The van der Waals surface area contributed by atoms with Crippen LogP contribution in [0.5, 0.6) is 0 Å². The number of pyridine rings is 1. The molecule has 2 saturated heterocycles. The highest BCUT2D eigenvalue weighted by Crippen LogP contribution is 2.29. The molecule has 2 aliphatic rings. The second kappa shape index (κ2) is 12.0. The molecule has 0 spiro atoms. The van der Waals surface area contributed by atoms with Crippen LogP contribution in [-0.2, 0) is 39.1 Å². The summed E-state index contributed by atoms with van der Waals surface area (Å²) in [5.74, 6) is 0.826. The third-order valence-corrected chi connectivity index (χ3v) is 7.65. The summed E-state index contributed by atoms with van der Waals surface area (Å²) in [5.41, 5.74) is 4.33. The van der Waals surface area contributed by atoms with Gasteiger partial charge in [0, 0.05) is 57.1 Å². The van der Waals surface area contributed by atoms with Gasteiger partial charge in [-0.3, -0.25) is 14.9 Å². The molecule has 10 heteroatoms. The third-order valence-electron chi connectivity index (χ3n) is 7.65. The van der Waals surface area contributed by atoms with Crippen LogP contribution in [0, 0.1) is 12.8 Å². The van der Waals surface area contributed by atoms with Gasteiger partial charge in [0.25, 0.3) is 5.56 Å². The number of carbonyl (C=O) groups is 1. The average Bonchev–Trinajstić information content (AvgIpc) is 3.55. The Kier molecular flexibility index (Phi) is 8.46. The molecule has 210 valence electrons. The Hall–Kier alpha value is -3.05. The van der Waals surface area contributed by atoms with Crippen molar-refractivity contribution < 1.29 is 24.1 Å². The molecule has 0 bridgehead atoms. The van der Waals surface area contributed by atoms with E-state index in [0.717, 1.165) is 60.6 Å². The molecule has 5 rings (SSSR count). The highest BCUT2D eigenvalue weighted by molar-refractivity contribution is 5.81. The highest BCUT2D eigenvalue weighted by Gasteiger charge is 2.29. The molecule has 2 N–H and O–H groups in total. The molecule has 4 heterocycles. The van der Waals surface area contributed by atoms with Crippen molar-refractivity contribution in [2.75, 3.05) is 26.4 Å². The molecule has 0 unspecified atom stereocenters. The summed E-state index contributed by atoms with van der Waals surface area (Å²) in [6, 6.07) is 7.14. The van der Waals surface area contributed by atoms with Gasteiger partial charge in [0.1, 0.15) is 18.0 Å². The second-order valence-corrected chi connectivity index (χ2v) is 10.8. The number of aliphatic hydroxyl groups excluding tert-OH is 1. The van der Waals surface area contributed by atoms with Crippen LogP contribution in [-0.4, -0.2) is 69.9 Å². The van der Waals surface area contributed by atoms with E-state index in [0.29, 0.717) is 37.7 Å². The predicted octanol–water partition coefficient (Wildman–Crippen LogP) is 2.31. The van der Waals surface area contributed by atoms with Crippen LogP contribution in [0.25, 0.3) is 22.4 Å². The molecule has 0 radical (unpaired) electrons. The van der Waals surface area contributed by atoms with Crippen molar-refractivity contribution in [3.8, 4) is 11.4 Å². The van der Waals surface area contributed by atoms with Crippen LogP contribution in [0.4, 0.5) is 0 Å². The number of rotatable bonds is 9. The monoisotopic (exact) mass is 538 g/mol. The number of nitrogens with zero attached hydrogens (tertiary/aromatic N) is 3. The molecular weight excluding hydrogens is 500 g/mol. The molecule has 1 aromatic carbocycles. The topological polar surface area (TPSA) is 117 Å². The number of fused-ring (bicyclic) bond motifs is 1. The Morgan fingerprint density at radius 1 is 1.21 bits per heavy atom. The SMILES string of the molecule is Cc1cc(-c2nc3cc(CN[C@H](C(=O)O[C@H]4CCOC4)[C@H](C)O)ccc3n2CC2CCOCC2)cn(C)c1=O. The van der Waals surface area contributed by atoms with Crippen molar-refractivity contribution in [1.29, 1.82) is 0 Å². The number of hydrogen-bond donors (Lipinski definition) is 2. The van der Waals surface area contributed by atoms with Crippen LogP contribution < -0.4 is 10.9 Å². The van der Waals surface area contributed by atoms with E-state index in [1.54, 1.807) is 18.5 Å². The van der Waals surface area contributed by atoms with Crippen LogP contribution >= 0.6 is 0 Å². The smallest absolute Gasteiger partial charge is 0.326 e. The zero-order valence-corrected chi connectivity index (χ0v) is 22.9. The maximum atomic E-state index is 12.7. The second-order valence-electron chi connectivity index (χ2n) is 10.8. The van der Waals surface area contributed by atoms with Gasteiger partial charge in [0.2, 0.25) is 0 Å². The van der Waals surface area contributed by atoms with E-state index in [9.17, 15) is 14.7 Å². The maximum absolute atomic E-state index is 12.7. The van der Waals surface area contributed by atoms with Crippen molar-refractivity contribution in [2.45, 2.75) is 64.4 Å². The number of carbonyl (C=O) groups excluding carboxylic acids is 1. The molecule has 0 amide bonds. The molecule has 3 aromatic rings. The van der Waals surface area contributed by atoms with Crippen molar-refractivity contribution in [3.05, 3.63) is 51.9 Å². The number of nitrogens with one attached hydrogen (secondary N) is 1. The summed E-state index contributed by atoms with van der Waals surface area (Å²) in [4.78, 5) is 30.1. The fourth-order valence-corrected chi connectivity index (χ4v) is 5.40. The van der Waals surface area contributed by atoms with E-state index < -0.39 is 18.1 Å². The number of benzene rings is 1. The van der Waals surface area contributed by atoms with Gasteiger partial charge in [0.05, 0.1) is 30.4 Å². The molecule has 10 nitrogen and oxygen atoms in total. The van der Waals surface area contributed by atoms with Crippen molar-refractivity contribution in [1.82, 2.24) is 19.4 Å². The van der Waals surface area contributed by atoms with Crippen molar-refractivity contribution >= 4 is 17.0 Å². The number of hydrogen-bond acceptors (Lipinski definition) is 8. The largest absolute Gasteiger partial charge is 0.459 e. The minimum absolute atomic E-state index is 0.0224. The van der Waals surface area contributed by atoms with Gasteiger partial charge in [-0.05, 0) is 56.4 Å². The van der Waals surface area contributed by atoms with Gasteiger partial charge in [-0.15, -0.1) is 0 Å². The van der Waals surface area contributed by atoms with Gasteiger partial charge in [-0.2, -0.15) is 0 Å². The molecule has 0 saturated carbocycles. The Balaban J connectivity index is 1.41. The number of aryl methyl sites for hydroxylation is 2. The Bertz CT molecular complexity index is 1340. The molecule has 0 aliphatic carbocycles. The molecule has 2 aliphatic heterocycles. The zero-order chi connectivity index (χ0) is 27.5. The first-order valence-electron chi connectivity index (χ1n) is 13.7. The normalized spacial score (nSPS) is 19.8. The molecular formula is C29H38N4O6. The molecule has 3 atom stereocenters. The van der Waals surface area contributed by atoms with Crippen molar-refractivity contribution in [3.63, 3.8) is 0 Å². The van der Waals surface area contributed by atoms with E-state index in [4.69, 9.17) is 19.2 Å². The lowest BCUT2D eigenvalue weighted by molar-refractivity contribution is -0.154. The van der Waals surface area contributed by atoms with E-state index in [1.165, 1.54) is 0 Å². The van der Waals surface area contributed by atoms with Crippen LogP contribution in [0.2, 0.25) is 0 Å². The van der Waals surface area contributed by atoms with Gasteiger partial charge in [-0.25, -0.2) is 4.98 Å². The standard InChI is InChI=1S/C29H38N4O6/c1-18-12-22(16-32(3)28(18)35)27-31-24-13-21(4-5-25(24)33(27)15-20-6-9-37-10-7-20)14-30-26(19(2)34)29(36)39-23-8-11-38-17-23/h4-5,12-13,16,19-20,23,26,30,34H,6-11,14-15,17H2,1-3H3/t19-,23-,26-/m0/s1. The first-order chi connectivity index (χ1) is 18.8. The van der Waals surface area contributed by atoms with E-state index in [-0.39, 0.29) is 11.7 Å². The Morgan fingerprint density at radius 3 is 2.67 bits per heavy atom. The third kappa shape index (κ3) is 6.24. The minimum Gasteiger partial charge on any atom is -0.459 e. The summed E-state index contributed by atoms with van der Waals surface area (Å²) < 4.78 is 20.2. The quantitative estimate of drug-likeness (QED) is 0.399. The van der Waals surface area contributed by atoms with Gasteiger partial charge in [0.15, 0.2) is 0 Å². The van der Waals surface area contributed by atoms with Gasteiger partial charge >= 0.3 is 5.97 Å². The fourth-order valence-electron chi connectivity index (χ4n) is 5.40. The number of imidazole rings is 1. The fraction of sp³-hybridized carbons (Fsp3) is 0.552. The number of ether oxygens (including phenoxy) is 3. The number of aliphatic hydroxyl groups is 1. The van der Waals surface area contributed by atoms with Gasteiger partial charge < -0.3 is 28.5 Å². The summed E-state index contributed by atoms with van der Waals surface area (Å²) in [7, 11) is 1.76. The van der Waals surface area contributed by atoms with E-state index >= 15 is 0 Å². The van der Waals surface area contributed by atoms with E-state index in [2.05, 4.69) is 16.0 Å². The Labute approximate surface area is 227 Å². The van der Waals surface area contributed by atoms with Crippen LogP contribution in [0.1, 0.15) is 37.3 Å². The highest BCUT2D eigenvalue weighted by atomic mass is 16.6. The number of esters is 1. The maximum Gasteiger partial charge on any atom is 0.326 e. The lowest BCUT2D eigenvalue weighted by Crippen LogP contribution is -2.46. The molecule has 39 heavy (non-hydrogen) atoms.